The van der Waals surface area contributed by atoms with Crippen LogP contribution in [0, 0.1) is 0 Å². The molecule has 2 heterocycles. The van der Waals surface area contributed by atoms with Crippen LogP contribution in [0.15, 0.2) is 72.3 Å². The van der Waals surface area contributed by atoms with Crippen LogP contribution in [0.2, 0.25) is 0 Å². The SMILES string of the molecule is C=CCn1c(C(=O)Nc2ccncc2)cc2ccccc2c1=O. The minimum Gasteiger partial charge on any atom is -0.321 e. The standard InChI is InChI=1S/C18H15N3O2/c1-2-11-21-16(17(22)20-14-7-9-19-10-8-14)12-13-5-3-4-6-15(13)18(21)23/h2-10,12H,1,11H2,(H,19,20,22). The second-order valence-electron chi connectivity index (χ2n) is 5.01. The number of aromatic nitrogens is 2. The molecule has 1 amide bonds. The lowest BCUT2D eigenvalue weighted by molar-refractivity contribution is 0.101. The fourth-order valence-electron chi connectivity index (χ4n) is 2.43. The molecule has 1 aromatic carbocycles. The van der Waals surface area contributed by atoms with Crippen molar-refractivity contribution in [3.8, 4) is 0 Å². The van der Waals surface area contributed by atoms with Crippen molar-refractivity contribution in [2.45, 2.75) is 6.54 Å². The summed E-state index contributed by atoms with van der Waals surface area (Å²) in [6, 6.07) is 12.3. The third-order valence-corrected chi connectivity index (χ3v) is 3.50. The lowest BCUT2D eigenvalue weighted by Crippen LogP contribution is -2.28. The number of fused-ring (bicyclic) bond motifs is 1. The summed E-state index contributed by atoms with van der Waals surface area (Å²) in [5, 5.41) is 4.09. The lowest BCUT2D eigenvalue weighted by atomic mass is 10.1. The Bertz CT molecular complexity index is 930. The number of carbonyl (C=O) groups excluding carboxylic acids is 1. The van der Waals surface area contributed by atoms with Gasteiger partial charge in [0.1, 0.15) is 5.69 Å². The minimum absolute atomic E-state index is 0.206. The van der Waals surface area contributed by atoms with E-state index in [0.717, 1.165) is 5.39 Å². The molecule has 0 spiro atoms. The molecule has 0 aliphatic rings. The van der Waals surface area contributed by atoms with E-state index < -0.39 is 0 Å². The van der Waals surface area contributed by atoms with Crippen molar-refractivity contribution in [1.29, 1.82) is 0 Å². The van der Waals surface area contributed by atoms with E-state index in [1.807, 2.05) is 12.1 Å². The van der Waals surface area contributed by atoms with Crippen LogP contribution in [0.3, 0.4) is 0 Å². The van der Waals surface area contributed by atoms with E-state index in [4.69, 9.17) is 0 Å². The fourth-order valence-corrected chi connectivity index (χ4v) is 2.43. The van der Waals surface area contributed by atoms with Gasteiger partial charge in [-0.05, 0) is 29.7 Å². The molecule has 0 bridgehead atoms. The van der Waals surface area contributed by atoms with Crippen LogP contribution in [-0.4, -0.2) is 15.5 Å². The summed E-state index contributed by atoms with van der Waals surface area (Å²) in [7, 11) is 0. The van der Waals surface area contributed by atoms with Gasteiger partial charge in [0.25, 0.3) is 11.5 Å². The maximum atomic E-state index is 12.6. The zero-order valence-electron chi connectivity index (χ0n) is 12.4. The van der Waals surface area contributed by atoms with Crippen molar-refractivity contribution in [2.24, 2.45) is 0 Å². The summed E-state index contributed by atoms with van der Waals surface area (Å²) >= 11 is 0. The second kappa shape index (κ2) is 6.27. The average Bonchev–Trinajstić information content (AvgIpc) is 2.58. The Balaban J connectivity index is 2.11. The van der Waals surface area contributed by atoms with Gasteiger partial charge in [-0.2, -0.15) is 0 Å². The van der Waals surface area contributed by atoms with E-state index in [9.17, 15) is 9.59 Å². The van der Waals surface area contributed by atoms with Crippen molar-refractivity contribution in [3.63, 3.8) is 0 Å². The van der Waals surface area contributed by atoms with Gasteiger partial charge in [-0.3, -0.25) is 19.1 Å². The molecule has 0 saturated heterocycles. The molecule has 2 aromatic heterocycles. The van der Waals surface area contributed by atoms with Crippen LogP contribution in [-0.2, 0) is 6.54 Å². The van der Waals surface area contributed by atoms with Gasteiger partial charge in [0, 0.05) is 30.0 Å². The number of benzene rings is 1. The molecule has 3 rings (SSSR count). The first-order valence-corrected chi connectivity index (χ1v) is 7.15. The number of anilines is 1. The first kappa shape index (κ1) is 14.7. The van der Waals surface area contributed by atoms with Crippen molar-refractivity contribution < 1.29 is 4.79 Å². The molecule has 0 radical (unpaired) electrons. The molecule has 114 valence electrons. The van der Waals surface area contributed by atoms with Crippen molar-refractivity contribution >= 4 is 22.4 Å². The minimum atomic E-state index is -0.346. The Labute approximate surface area is 132 Å². The molecular weight excluding hydrogens is 290 g/mol. The average molecular weight is 305 g/mol. The molecule has 3 aromatic rings. The Morgan fingerprint density at radius 1 is 1.22 bits per heavy atom. The van der Waals surface area contributed by atoms with Crippen LogP contribution in [0.4, 0.5) is 5.69 Å². The third kappa shape index (κ3) is 2.89. The second-order valence-corrected chi connectivity index (χ2v) is 5.01. The predicted octanol–water partition coefficient (Wildman–Crippen LogP) is 2.83. The molecule has 23 heavy (non-hydrogen) atoms. The molecule has 5 heteroatoms. The van der Waals surface area contributed by atoms with E-state index in [2.05, 4.69) is 16.9 Å². The quantitative estimate of drug-likeness (QED) is 0.754. The summed E-state index contributed by atoms with van der Waals surface area (Å²) in [4.78, 5) is 29.1. The Morgan fingerprint density at radius 3 is 2.70 bits per heavy atom. The molecule has 0 aliphatic carbocycles. The van der Waals surface area contributed by atoms with E-state index >= 15 is 0 Å². The van der Waals surface area contributed by atoms with Gasteiger partial charge in [0.05, 0.1) is 0 Å². The van der Waals surface area contributed by atoms with Crippen LogP contribution < -0.4 is 10.9 Å². The largest absolute Gasteiger partial charge is 0.321 e. The Kier molecular flexibility index (Phi) is 4.01. The van der Waals surface area contributed by atoms with Crippen LogP contribution in [0.25, 0.3) is 10.8 Å². The van der Waals surface area contributed by atoms with Gasteiger partial charge in [0.15, 0.2) is 0 Å². The number of hydrogen-bond donors (Lipinski definition) is 1. The van der Waals surface area contributed by atoms with E-state index in [1.165, 1.54) is 4.57 Å². The maximum Gasteiger partial charge on any atom is 0.272 e. The molecular formula is C18H15N3O2. The highest BCUT2D eigenvalue weighted by molar-refractivity contribution is 6.05. The Morgan fingerprint density at radius 2 is 1.96 bits per heavy atom. The van der Waals surface area contributed by atoms with Gasteiger partial charge in [-0.25, -0.2) is 0 Å². The normalized spacial score (nSPS) is 10.4. The smallest absolute Gasteiger partial charge is 0.272 e. The number of pyridine rings is 2. The van der Waals surface area contributed by atoms with Crippen molar-refractivity contribution in [2.75, 3.05) is 5.32 Å². The highest BCUT2D eigenvalue weighted by Gasteiger charge is 2.15. The van der Waals surface area contributed by atoms with E-state index in [-0.39, 0.29) is 18.0 Å². The highest BCUT2D eigenvalue weighted by atomic mass is 16.2. The summed E-state index contributed by atoms with van der Waals surface area (Å²) in [6.07, 6.45) is 4.78. The van der Waals surface area contributed by atoms with E-state index in [1.54, 1.807) is 48.8 Å². The number of nitrogens with zero attached hydrogens (tertiary/aromatic N) is 2. The van der Waals surface area contributed by atoms with Gasteiger partial charge in [-0.15, -0.1) is 6.58 Å². The van der Waals surface area contributed by atoms with Gasteiger partial charge in [-0.1, -0.05) is 24.3 Å². The van der Waals surface area contributed by atoms with Crippen LogP contribution >= 0.6 is 0 Å². The van der Waals surface area contributed by atoms with E-state index in [0.29, 0.717) is 16.8 Å². The summed E-state index contributed by atoms with van der Waals surface area (Å²) < 4.78 is 1.42. The number of rotatable bonds is 4. The molecule has 0 aliphatic heterocycles. The monoisotopic (exact) mass is 305 g/mol. The summed E-state index contributed by atoms with van der Waals surface area (Å²) in [6.45, 7) is 3.93. The molecule has 0 unspecified atom stereocenters. The number of carbonyl (C=O) groups is 1. The highest BCUT2D eigenvalue weighted by Crippen LogP contribution is 2.14. The first-order chi connectivity index (χ1) is 11.2. The number of nitrogens with one attached hydrogen (secondary N) is 1. The van der Waals surface area contributed by atoms with Crippen LogP contribution in [0.1, 0.15) is 10.5 Å². The third-order valence-electron chi connectivity index (χ3n) is 3.50. The maximum absolute atomic E-state index is 12.6. The number of amides is 1. The number of allylic oxidation sites excluding steroid dienone is 1. The number of hydrogen-bond acceptors (Lipinski definition) is 3. The Hall–Kier alpha value is -3.21. The molecule has 0 saturated carbocycles. The van der Waals surface area contributed by atoms with Crippen molar-refractivity contribution in [1.82, 2.24) is 9.55 Å². The summed E-state index contributed by atoms with van der Waals surface area (Å²) in [5.74, 6) is -0.346. The zero-order valence-corrected chi connectivity index (χ0v) is 12.4. The molecule has 5 nitrogen and oxygen atoms in total. The molecule has 0 atom stereocenters. The van der Waals surface area contributed by atoms with Gasteiger partial charge < -0.3 is 5.32 Å². The topological polar surface area (TPSA) is 64.0 Å². The lowest BCUT2D eigenvalue weighted by Gasteiger charge is -2.13. The van der Waals surface area contributed by atoms with Crippen molar-refractivity contribution in [3.05, 3.63) is 83.6 Å². The van der Waals surface area contributed by atoms with Crippen LogP contribution in [0.5, 0.6) is 0 Å². The zero-order chi connectivity index (χ0) is 16.2. The van der Waals surface area contributed by atoms with Gasteiger partial charge >= 0.3 is 0 Å². The van der Waals surface area contributed by atoms with Gasteiger partial charge in [0.2, 0.25) is 0 Å². The first-order valence-electron chi connectivity index (χ1n) is 7.15. The molecule has 1 N–H and O–H groups in total. The molecule has 0 fully saturated rings. The summed E-state index contributed by atoms with van der Waals surface area (Å²) in [5.41, 5.74) is 0.712. The predicted molar refractivity (Wildman–Crippen MR) is 90.6 cm³/mol. The fraction of sp³-hybridized carbons (Fsp3) is 0.0556.